The fourth-order valence-electron chi connectivity index (χ4n) is 3.32. The summed E-state index contributed by atoms with van der Waals surface area (Å²) in [7, 11) is -0.508. The molecule has 10 heteroatoms. The lowest BCUT2D eigenvalue weighted by atomic mass is 9.81. The van der Waals surface area contributed by atoms with E-state index in [-0.39, 0.29) is 22.0 Å². The molecule has 2 aromatic rings. The van der Waals surface area contributed by atoms with Gasteiger partial charge in [0.15, 0.2) is 0 Å². The molecule has 1 aromatic carbocycles. The SMILES string of the molecule is CC(C)(C)OC(=O)[C@H](Cc1cc(B2OC(C)(C)C(C)(C)O2)cs1)NC(=O)c1c(Cl)cccc1Cl. The highest BCUT2D eigenvalue weighted by Crippen LogP contribution is 2.36. The number of esters is 1. The number of halogens is 2. The maximum absolute atomic E-state index is 13.0. The van der Waals surface area contributed by atoms with Crippen molar-refractivity contribution in [2.24, 2.45) is 0 Å². The Labute approximate surface area is 215 Å². The molecule has 0 spiro atoms. The summed E-state index contributed by atoms with van der Waals surface area (Å²) < 4.78 is 17.8. The van der Waals surface area contributed by atoms with Crippen molar-refractivity contribution >= 4 is 59.0 Å². The second kappa shape index (κ2) is 9.82. The predicted molar refractivity (Wildman–Crippen MR) is 137 cm³/mol. The lowest BCUT2D eigenvalue weighted by Crippen LogP contribution is -2.45. The van der Waals surface area contributed by atoms with Gasteiger partial charge < -0.3 is 19.4 Å². The van der Waals surface area contributed by atoms with Gasteiger partial charge in [-0.1, -0.05) is 29.3 Å². The van der Waals surface area contributed by atoms with Crippen LogP contribution in [0.4, 0.5) is 0 Å². The Morgan fingerprint density at radius 3 is 2.21 bits per heavy atom. The molecule has 0 saturated carbocycles. The van der Waals surface area contributed by atoms with Gasteiger partial charge in [-0.15, -0.1) is 11.3 Å². The Bertz CT molecular complexity index is 1040. The average molecular weight is 526 g/mol. The Hall–Kier alpha value is -1.58. The van der Waals surface area contributed by atoms with E-state index in [4.69, 9.17) is 37.2 Å². The Kier molecular flexibility index (Phi) is 7.80. The van der Waals surface area contributed by atoms with Crippen LogP contribution in [-0.4, -0.2) is 41.8 Å². The van der Waals surface area contributed by atoms with Crippen LogP contribution in [0, 0.1) is 0 Å². The van der Waals surface area contributed by atoms with Gasteiger partial charge in [0.1, 0.15) is 11.6 Å². The van der Waals surface area contributed by atoms with E-state index >= 15 is 0 Å². The number of amides is 1. The molecule has 0 unspecified atom stereocenters. The molecule has 0 aliphatic carbocycles. The molecule has 1 atom stereocenters. The van der Waals surface area contributed by atoms with E-state index in [1.165, 1.54) is 11.3 Å². The molecule has 1 N–H and O–H groups in total. The third-order valence-corrected chi connectivity index (χ3v) is 7.40. The van der Waals surface area contributed by atoms with Crippen LogP contribution in [0.1, 0.15) is 63.7 Å². The standard InChI is InChI=1S/C24H30BCl2NO5S/c1-22(2,3)31-21(30)18(28-20(29)19-16(26)9-8-10-17(19)27)12-15-11-14(13-34-15)25-32-23(4,5)24(6,7)33-25/h8-11,13,18H,12H2,1-7H3,(H,28,29)/t18-/m0/s1. The molecular formula is C24H30BCl2NO5S. The summed E-state index contributed by atoms with van der Waals surface area (Å²) in [6.45, 7) is 13.3. The van der Waals surface area contributed by atoms with Gasteiger partial charge in [-0.05, 0) is 77.5 Å². The molecule has 2 heterocycles. The Balaban J connectivity index is 1.81. The number of carbonyl (C=O) groups excluding carboxylic acids is 2. The molecule has 1 amide bonds. The fraction of sp³-hybridized carbons (Fsp3) is 0.500. The quantitative estimate of drug-likeness (QED) is 0.422. The molecule has 3 rings (SSSR count). The van der Waals surface area contributed by atoms with Gasteiger partial charge in [0.05, 0.1) is 26.8 Å². The van der Waals surface area contributed by atoms with Crippen molar-refractivity contribution in [1.29, 1.82) is 0 Å². The molecule has 1 aliphatic heterocycles. The van der Waals surface area contributed by atoms with Crippen molar-refractivity contribution in [3.8, 4) is 0 Å². The first-order valence-corrected chi connectivity index (χ1v) is 12.6. The number of thiophene rings is 1. The van der Waals surface area contributed by atoms with E-state index in [1.54, 1.807) is 39.0 Å². The maximum Gasteiger partial charge on any atom is 0.495 e. The second-order valence-electron chi connectivity index (χ2n) is 10.3. The summed E-state index contributed by atoms with van der Waals surface area (Å²) in [6.07, 6.45) is 0.229. The van der Waals surface area contributed by atoms with Gasteiger partial charge in [0.25, 0.3) is 5.91 Å². The largest absolute Gasteiger partial charge is 0.495 e. The van der Waals surface area contributed by atoms with Gasteiger partial charge in [0.2, 0.25) is 0 Å². The van der Waals surface area contributed by atoms with Crippen LogP contribution in [0.25, 0.3) is 0 Å². The monoisotopic (exact) mass is 525 g/mol. The lowest BCUT2D eigenvalue weighted by molar-refractivity contribution is -0.157. The van der Waals surface area contributed by atoms with Gasteiger partial charge in [0, 0.05) is 11.3 Å². The van der Waals surface area contributed by atoms with Crippen molar-refractivity contribution < 1.29 is 23.6 Å². The first-order chi connectivity index (χ1) is 15.6. The highest BCUT2D eigenvalue weighted by atomic mass is 35.5. The summed E-state index contributed by atoms with van der Waals surface area (Å²) in [5, 5.41) is 5.10. The average Bonchev–Trinajstić information content (AvgIpc) is 3.21. The van der Waals surface area contributed by atoms with E-state index in [9.17, 15) is 9.59 Å². The molecular weight excluding hydrogens is 496 g/mol. The van der Waals surface area contributed by atoms with Crippen molar-refractivity contribution in [2.75, 3.05) is 0 Å². The smallest absolute Gasteiger partial charge is 0.458 e. The van der Waals surface area contributed by atoms with Crippen LogP contribution in [0.15, 0.2) is 29.6 Å². The maximum atomic E-state index is 13.0. The van der Waals surface area contributed by atoms with Crippen molar-refractivity contribution in [3.05, 3.63) is 50.1 Å². The molecule has 6 nitrogen and oxygen atoms in total. The number of nitrogens with one attached hydrogen (secondary N) is 1. The number of benzene rings is 1. The van der Waals surface area contributed by atoms with E-state index in [2.05, 4.69) is 5.32 Å². The second-order valence-corrected chi connectivity index (χ2v) is 12.1. The van der Waals surface area contributed by atoms with E-state index in [1.807, 2.05) is 39.1 Å². The summed E-state index contributed by atoms with van der Waals surface area (Å²) in [4.78, 5) is 26.8. The molecule has 1 aliphatic rings. The van der Waals surface area contributed by atoms with Crippen LogP contribution < -0.4 is 10.8 Å². The topological polar surface area (TPSA) is 73.9 Å². The van der Waals surface area contributed by atoms with Crippen LogP contribution in [0.3, 0.4) is 0 Å². The highest BCUT2D eigenvalue weighted by Gasteiger charge is 2.52. The van der Waals surface area contributed by atoms with Crippen molar-refractivity contribution in [3.63, 3.8) is 0 Å². The molecule has 1 saturated heterocycles. The lowest BCUT2D eigenvalue weighted by Gasteiger charge is -2.32. The van der Waals surface area contributed by atoms with Crippen molar-refractivity contribution in [2.45, 2.75) is 77.7 Å². The number of carbonyl (C=O) groups is 2. The third-order valence-electron chi connectivity index (χ3n) is 5.79. The minimum Gasteiger partial charge on any atom is -0.458 e. The van der Waals surface area contributed by atoms with Crippen molar-refractivity contribution in [1.82, 2.24) is 5.32 Å². The normalized spacial score (nSPS) is 18.0. The van der Waals surface area contributed by atoms with Gasteiger partial charge in [-0.3, -0.25) is 4.79 Å². The van der Waals surface area contributed by atoms with Crippen LogP contribution in [0.2, 0.25) is 10.0 Å². The molecule has 0 radical (unpaired) electrons. The Morgan fingerprint density at radius 1 is 1.12 bits per heavy atom. The number of ether oxygens (including phenoxy) is 1. The zero-order valence-electron chi connectivity index (χ0n) is 20.5. The minimum atomic E-state index is -0.941. The molecule has 1 fully saturated rings. The predicted octanol–water partition coefficient (Wildman–Crippen LogP) is 5.04. The summed E-state index contributed by atoms with van der Waals surface area (Å²) in [5.41, 5.74) is -0.654. The summed E-state index contributed by atoms with van der Waals surface area (Å²) in [6, 6.07) is 5.78. The Morgan fingerprint density at radius 2 is 1.68 bits per heavy atom. The zero-order chi connectivity index (χ0) is 25.5. The highest BCUT2D eigenvalue weighted by molar-refractivity contribution is 7.11. The first kappa shape index (κ1) is 27.0. The van der Waals surface area contributed by atoms with Gasteiger partial charge >= 0.3 is 13.1 Å². The first-order valence-electron chi connectivity index (χ1n) is 11.0. The van der Waals surface area contributed by atoms with Gasteiger partial charge in [-0.2, -0.15) is 0 Å². The van der Waals surface area contributed by atoms with Crippen LogP contribution in [0.5, 0.6) is 0 Å². The fourth-order valence-corrected chi connectivity index (χ4v) is 4.82. The summed E-state index contributed by atoms with van der Waals surface area (Å²) in [5.74, 6) is -1.09. The molecule has 0 bridgehead atoms. The van der Waals surface area contributed by atoms with E-state index in [0.29, 0.717) is 0 Å². The number of rotatable bonds is 6. The minimum absolute atomic E-state index is 0.114. The molecule has 34 heavy (non-hydrogen) atoms. The number of hydrogen-bond acceptors (Lipinski definition) is 6. The van der Waals surface area contributed by atoms with E-state index < -0.39 is 41.8 Å². The number of hydrogen-bond donors (Lipinski definition) is 1. The van der Waals surface area contributed by atoms with E-state index in [0.717, 1.165) is 10.3 Å². The van der Waals surface area contributed by atoms with Gasteiger partial charge in [-0.25, -0.2) is 4.79 Å². The van der Waals surface area contributed by atoms with Crippen LogP contribution >= 0.6 is 34.5 Å². The summed E-state index contributed by atoms with van der Waals surface area (Å²) >= 11 is 13.8. The zero-order valence-corrected chi connectivity index (χ0v) is 22.8. The molecule has 184 valence electrons. The molecule has 1 aromatic heterocycles. The van der Waals surface area contributed by atoms with Crippen LogP contribution in [-0.2, 0) is 25.3 Å². The third kappa shape index (κ3) is 6.15.